The molecule has 2 amide bonds. The minimum Gasteiger partial charge on any atom is -0.354 e. The summed E-state index contributed by atoms with van der Waals surface area (Å²) in [5, 5.41) is 3.51. The molecule has 4 nitrogen and oxygen atoms in total. The number of nitrogens with zero attached hydrogens (tertiary/aromatic N) is 1. The van der Waals surface area contributed by atoms with E-state index in [4.69, 9.17) is 23.2 Å². The van der Waals surface area contributed by atoms with Gasteiger partial charge in [-0.25, -0.2) is 4.39 Å². The molecule has 0 spiro atoms. The lowest BCUT2D eigenvalue weighted by molar-refractivity contribution is -0.121. The van der Waals surface area contributed by atoms with E-state index in [1.54, 1.807) is 12.1 Å². The van der Waals surface area contributed by atoms with Crippen molar-refractivity contribution in [2.45, 2.75) is 45.4 Å². The number of amides is 2. The van der Waals surface area contributed by atoms with Crippen LogP contribution in [0.15, 0.2) is 42.5 Å². The Morgan fingerprint density at radius 3 is 2.37 bits per heavy atom. The maximum Gasteiger partial charge on any atom is 0.259 e. The summed E-state index contributed by atoms with van der Waals surface area (Å²) < 4.78 is 13.3. The lowest BCUT2D eigenvalue weighted by Gasteiger charge is -2.24. The number of anilines is 1. The van der Waals surface area contributed by atoms with Crippen molar-refractivity contribution in [3.8, 4) is 0 Å². The Balaban J connectivity index is 2.01. The quantitative estimate of drug-likeness (QED) is 0.409. The number of halogens is 3. The van der Waals surface area contributed by atoms with Gasteiger partial charge in [-0.1, -0.05) is 55.8 Å². The Kier molecular flexibility index (Phi) is 10.1. The molecular weight excluding hydrogens is 426 g/mol. The summed E-state index contributed by atoms with van der Waals surface area (Å²) in [5.74, 6) is -0.785. The zero-order valence-electron chi connectivity index (χ0n) is 17.1. The summed E-state index contributed by atoms with van der Waals surface area (Å²) in [6, 6.07) is 10.3. The first-order chi connectivity index (χ1) is 14.4. The minimum atomic E-state index is -0.396. The number of unbranched alkanes of at least 4 members (excludes halogenated alkanes) is 4. The predicted octanol–water partition coefficient (Wildman–Crippen LogP) is 6.26. The Labute approximate surface area is 187 Å². The van der Waals surface area contributed by atoms with Crippen molar-refractivity contribution in [2.75, 3.05) is 18.0 Å². The number of nitrogens with one attached hydrogen (secondary N) is 1. The van der Waals surface area contributed by atoms with Crippen LogP contribution in [0, 0.1) is 5.82 Å². The van der Waals surface area contributed by atoms with E-state index in [9.17, 15) is 14.0 Å². The van der Waals surface area contributed by atoms with E-state index in [0.717, 1.165) is 25.7 Å². The predicted molar refractivity (Wildman–Crippen MR) is 121 cm³/mol. The van der Waals surface area contributed by atoms with Crippen molar-refractivity contribution in [3.05, 3.63) is 63.9 Å². The van der Waals surface area contributed by atoms with Crippen molar-refractivity contribution < 1.29 is 14.0 Å². The SMILES string of the molecule is CCCCCCCC(=O)NCCN(C(=O)c1ccc(Cl)cc1Cl)c1ccc(F)cc1. The highest BCUT2D eigenvalue weighted by Gasteiger charge is 2.20. The minimum absolute atomic E-state index is 0.0393. The molecule has 2 rings (SSSR count). The standard InChI is InChI=1S/C23H27Cl2FN2O2/c1-2-3-4-5-6-7-22(29)27-14-15-28(19-11-9-18(26)10-12-19)23(30)20-13-8-17(24)16-21(20)25/h8-13,16H,2-7,14-15H2,1H3,(H,27,29). The Bertz CT molecular complexity index is 844. The van der Waals surface area contributed by atoms with E-state index >= 15 is 0 Å². The van der Waals surface area contributed by atoms with Gasteiger partial charge in [-0.2, -0.15) is 0 Å². The van der Waals surface area contributed by atoms with Gasteiger partial charge in [-0.05, 0) is 48.9 Å². The van der Waals surface area contributed by atoms with Gasteiger partial charge >= 0.3 is 0 Å². The first kappa shape index (κ1) is 24.2. The molecule has 0 fully saturated rings. The average Bonchev–Trinajstić information content (AvgIpc) is 2.71. The number of benzene rings is 2. The maximum absolute atomic E-state index is 13.3. The molecule has 0 aromatic heterocycles. The van der Waals surface area contributed by atoms with Crippen LogP contribution in [-0.2, 0) is 4.79 Å². The molecule has 0 bridgehead atoms. The van der Waals surface area contributed by atoms with Crippen LogP contribution in [0.4, 0.5) is 10.1 Å². The number of carbonyl (C=O) groups excluding carboxylic acids is 2. The van der Waals surface area contributed by atoms with Crippen LogP contribution in [0.1, 0.15) is 55.8 Å². The molecule has 1 N–H and O–H groups in total. The summed E-state index contributed by atoms with van der Waals surface area (Å²) in [6.45, 7) is 2.66. The number of rotatable bonds is 11. The fourth-order valence-corrected chi connectivity index (χ4v) is 3.55. The third kappa shape index (κ3) is 7.62. The van der Waals surface area contributed by atoms with Gasteiger partial charge in [0, 0.05) is 30.2 Å². The molecule has 0 saturated carbocycles. The summed E-state index contributed by atoms with van der Waals surface area (Å²) >= 11 is 12.1. The number of carbonyl (C=O) groups is 2. The fraction of sp³-hybridized carbons (Fsp3) is 0.391. The second-order valence-electron chi connectivity index (χ2n) is 7.07. The number of hydrogen-bond acceptors (Lipinski definition) is 2. The zero-order valence-corrected chi connectivity index (χ0v) is 18.6. The molecule has 0 saturated heterocycles. The van der Waals surface area contributed by atoms with Gasteiger partial charge in [0.05, 0.1) is 10.6 Å². The third-order valence-electron chi connectivity index (χ3n) is 4.71. The smallest absolute Gasteiger partial charge is 0.259 e. The molecule has 7 heteroatoms. The van der Waals surface area contributed by atoms with Crippen molar-refractivity contribution in [2.24, 2.45) is 0 Å². The summed E-state index contributed by atoms with van der Waals surface area (Å²) in [7, 11) is 0. The highest BCUT2D eigenvalue weighted by Crippen LogP contribution is 2.25. The number of hydrogen-bond donors (Lipinski definition) is 1. The maximum atomic E-state index is 13.3. The van der Waals surface area contributed by atoms with E-state index < -0.39 is 5.82 Å². The molecule has 30 heavy (non-hydrogen) atoms. The van der Waals surface area contributed by atoms with E-state index in [1.807, 2.05) is 0 Å². The van der Waals surface area contributed by atoms with Crippen molar-refractivity contribution >= 4 is 40.7 Å². The lowest BCUT2D eigenvalue weighted by atomic mass is 10.1. The average molecular weight is 453 g/mol. The molecule has 0 aliphatic heterocycles. The van der Waals surface area contributed by atoms with Gasteiger partial charge in [-0.15, -0.1) is 0 Å². The van der Waals surface area contributed by atoms with Gasteiger partial charge < -0.3 is 10.2 Å². The largest absolute Gasteiger partial charge is 0.354 e. The van der Waals surface area contributed by atoms with E-state index in [0.29, 0.717) is 17.1 Å². The second-order valence-corrected chi connectivity index (χ2v) is 7.92. The summed E-state index contributed by atoms with van der Waals surface area (Å²) in [5.41, 5.74) is 0.800. The Morgan fingerprint density at radius 2 is 1.70 bits per heavy atom. The van der Waals surface area contributed by atoms with Crippen LogP contribution >= 0.6 is 23.2 Å². The first-order valence-electron chi connectivity index (χ1n) is 10.2. The van der Waals surface area contributed by atoms with Crippen LogP contribution in [0.2, 0.25) is 10.0 Å². The highest BCUT2D eigenvalue weighted by molar-refractivity contribution is 6.37. The van der Waals surface area contributed by atoms with E-state index in [2.05, 4.69) is 12.2 Å². The highest BCUT2D eigenvalue weighted by atomic mass is 35.5. The normalized spacial score (nSPS) is 10.7. The molecule has 0 radical (unpaired) electrons. The Hall–Kier alpha value is -2.11. The monoisotopic (exact) mass is 452 g/mol. The van der Waals surface area contributed by atoms with Crippen LogP contribution in [0.3, 0.4) is 0 Å². The molecule has 0 aliphatic rings. The lowest BCUT2D eigenvalue weighted by Crippen LogP contribution is -2.38. The van der Waals surface area contributed by atoms with Gasteiger partial charge in [0.1, 0.15) is 5.82 Å². The van der Waals surface area contributed by atoms with Crippen LogP contribution in [0.25, 0.3) is 0 Å². The van der Waals surface area contributed by atoms with Crippen LogP contribution in [0.5, 0.6) is 0 Å². The summed E-state index contributed by atoms with van der Waals surface area (Å²) in [4.78, 5) is 26.6. The molecule has 0 aliphatic carbocycles. The van der Waals surface area contributed by atoms with E-state index in [1.165, 1.54) is 41.7 Å². The van der Waals surface area contributed by atoms with Crippen LogP contribution in [-0.4, -0.2) is 24.9 Å². The van der Waals surface area contributed by atoms with Crippen molar-refractivity contribution in [1.29, 1.82) is 0 Å². The molecule has 0 unspecified atom stereocenters. The second kappa shape index (κ2) is 12.6. The van der Waals surface area contributed by atoms with Crippen LogP contribution < -0.4 is 10.2 Å². The third-order valence-corrected chi connectivity index (χ3v) is 5.26. The molecule has 0 atom stereocenters. The molecular formula is C23H27Cl2FN2O2. The molecule has 2 aromatic rings. The van der Waals surface area contributed by atoms with Gasteiger partial charge in [0.15, 0.2) is 0 Å². The topological polar surface area (TPSA) is 49.4 Å². The fourth-order valence-electron chi connectivity index (χ4n) is 3.06. The van der Waals surface area contributed by atoms with Gasteiger partial charge in [-0.3, -0.25) is 9.59 Å². The molecule has 162 valence electrons. The summed E-state index contributed by atoms with van der Waals surface area (Å²) in [6.07, 6.45) is 5.85. The molecule has 2 aromatic carbocycles. The van der Waals surface area contributed by atoms with Crippen molar-refractivity contribution in [3.63, 3.8) is 0 Å². The van der Waals surface area contributed by atoms with E-state index in [-0.39, 0.29) is 35.5 Å². The van der Waals surface area contributed by atoms with Crippen molar-refractivity contribution in [1.82, 2.24) is 5.32 Å². The zero-order chi connectivity index (χ0) is 21.9. The first-order valence-corrected chi connectivity index (χ1v) is 11.0. The van der Waals surface area contributed by atoms with Gasteiger partial charge in [0.25, 0.3) is 5.91 Å². The molecule has 0 heterocycles. The van der Waals surface area contributed by atoms with Gasteiger partial charge in [0.2, 0.25) is 5.91 Å². The Morgan fingerprint density at radius 1 is 1.00 bits per heavy atom.